The van der Waals surface area contributed by atoms with Gasteiger partial charge in [-0.1, -0.05) is 6.07 Å². The fourth-order valence-electron chi connectivity index (χ4n) is 1.32. The lowest BCUT2D eigenvalue weighted by molar-refractivity contribution is -0.116. The molecule has 14 heavy (non-hydrogen) atoms. The van der Waals surface area contributed by atoms with Gasteiger partial charge in [0.1, 0.15) is 11.5 Å². The van der Waals surface area contributed by atoms with Crippen LogP contribution in [0.5, 0.6) is 0 Å². The van der Waals surface area contributed by atoms with Crippen molar-refractivity contribution < 1.29 is 9.59 Å². The highest BCUT2D eigenvalue weighted by molar-refractivity contribution is 6.06. The van der Waals surface area contributed by atoms with Crippen LogP contribution in [-0.4, -0.2) is 16.6 Å². The van der Waals surface area contributed by atoms with Crippen LogP contribution in [0.3, 0.4) is 0 Å². The van der Waals surface area contributed by atoms with Crippen molar-refractivity contribution in [2.24, 2.45) is 0 Å². The summed E-state index contributed by atoms with van der Waals surface area (Å²) in [5.41, 5.74) is 2.25. The van der Waals surface area contributed by atoms with Gasteiger partial charge in [0.2, 0.25) is 0 Å². The van der Waals surface area contributed by atoms with E-state index in [9.17, 15) is 9.59 Å². The van der Waals surface area contributed by atoms with Gasteiger partial charge in [0.15, 0.2) is 5.78 Å². The third-order valence-electron chi connectivity index (χ3n) is 1.89. The minimum Gasteiger partial charge on any atom is -0.300 e. The van der Waals surface area contributed by atoms with E-state index in [0.717, 1.165) is 11.1 Å². The van der Waals surface area contributed by atoms with Crippen LogP contribution >= 0.6 is 0 Å². The number of ketones is 2. The van der Waals surface area contributed by atoms with E-state index in [0.29, 0.717) is 5.69 Å². The molecule has 0 amide bonds. The molecule has 0 aliphatic rings. The van der Waals surface area contributed by atoms with Crippen LogP contribution in [0.15, 0.2) is 12.3 Å². The van der Waals surface area contributed by atoms with Crippen LogP contribution in [0.1, 0.15) is 35.0 Å². The number of hydrogen-bond acceptors (Lipinski definition) is 3. The van der Waals surface area contributed by atoms with Crippen molar-refractivity contribution in [1.82, 2.24) is 4.98 Å². The van der Waals surface area contributed by atoms with E-state index < -0.39 is 0 Å². The summed E-state index contributed by atoms with van der Waals surface area (Å²) in [6.07, 6.45) is 1.58. The van der Waals surface area contributed by atoms with Crippen molar-refractivity contribution in [2.45, 2.75) is 27.2 Å². The molecule has 0 bridgehead atoms. The molecule has 0 fully saturated rings. The van der Waals surface area contributed by atoms with E-state index in [1.165, 1.54) is 6.92 Å². The van der Waals surface area contributed by atoms with Gasteiger partial charge >= 0.3 is 0 Å². The Morgan fingerprint density at radius 3 is 2.50 bits per heavy atom. The van der Waals surface area contributed by atoms with Gasteiger partial charge < -0.3 is 0 Å². The Hall–Kier alpha value is -1.51. The van der Waals surface area contributed by atoms with Gasteiger partial charge in [-0.25, -0.2) is 0 Å². The Kier molecular flexibility index (Phi) is 3.12. The molecule has 0 radical (unpaired) electrons. The normalized spacial score (nSPS) is 9.93. The van der Waals surface area contributed by atoms with Crippen LogP contribution in [-0.2, 0) is 4.79 Å². The summed E-state index contributed by atoms with van der Waals surface area (Å²) in [5, 5.41) is 0. The molecule has 1 aromatic rings. The second kappa shape index (κ2) is 4.13. The largest absolute Gasteiger partial charge is 0.300 e. The highest BCUT2D eigenvalue weighted by atomic mass is 16.1. The SMILES string of the molecule is CC(=O)CC(=O)c1ncc(C)cc1C. The maximum absolute atomic E-state index is 11.5. The average Bonchev–Trinajstić information content (AvgIpc) is 2.01. The molecular weight excluding hydrogens is 178 g/mol. The topological polar surface area (TPSA) is 47.0 Å². The second-order valence-electron chi connectivity index (χ2n) is 3.48. The predicted octanol–water partition coefficient (Wildman–Crippen LogP) is 1.86. The molecule has 74 valence electrons. The monoisotopic (exact) mass is 191 g/mol. The summed E-state index contributed by atoms with van der Waals surface area (Å²) >= 11 is 0. The Bertz CT molecular complexity index is 383. The Morgan fingerprint density at radius 2 is 2.00 bits per heavy atom. The van der Waals surface area contributed by atoms with Crippen LogP contribution in [0.4, 0.5) is 0 Å². The first-order valence-corrected chi connectivity index (χ1v) is 4.46. The minimum atomic E-state index is -0.199. The van der Waals surface area contributed by atoms with Crippen molar-refractivity contribution in [3.05, 3.63) is 29.1 Å². The van der Waals surface area contributed by atoms with Gasteiger partial charge in [-0.2, -0.15) is 0 Å². The summed E-state index contributed by atoms with van der Waals surface area (Å²) in [7, 11) is 0. The number of aryl methyl sites for hydroxylation is 2. The number of nitrogens with zero attached hydrogens (tertiary/aromatic N) is 1. The van der Waals surface area contributed by atoms with Crippen LogP contribution in [0, 0.1) is 13.8 Å². The van der Waals surface area contributed by atoms with Crippen LogP contribution in [0.2, 0.25) is 0 Å². The van der Waals surface area contributed by atoms with Crippen molar-refractivity contribution >= 4 is 11.6 Å². The Labute approximate surface area is 83.2 Å². The minimum absolute atomic E-state index is 0.0586. The predicted molar refractivity (Wildman–Crippen MR) is 53.3 cm³/mol. The number of pyridine rings is 1. The van der Waals surface area contributed by atoms with E-state index in [2.05, 4.69) is 4.98 Å². The number of carbonyl (C=O) groups excluding carboxylic acids is 2. The van der Waals surface area contributed by atoms with Crippen molar-refractivity contribution in [1.29, 1.82) is 0 Å². The van der Waals surface area contributed by atoms with E-state index in [-0.39, 0.29) is 18.0 Å². The number of carbonyl (C=O) groups is 2. The molecule has 0 aliphatic carbocycles. The van der Waals surface area contributed by atoms with Gasteiger partial charge in [-0.3, -0.25) is 14.6 Å². The first-order valence-electron chi connectivity index (χ1n) is 4.46. The van der Waals surface area contributed by atoms with E-state index in [1.54, 1.807) is 6.20 Å². The third-order valence-corrected chi connectivity index (χ3v) is 1.89. The summed E-state index contributed by atoms with van der Waals surface area (Å²) < 4.78 is 0. The molecule has 1 aromatic heterocycles. The maximum atomic E-state index is 11.5. The number of rotatable bonds is 3. The summed E-state index contributed by atoms with van der Waals surface area (Å²) in [4.78, 5) is 26.3. The molecule has 0 aromatic carbocycles. The molecule has 0 spiro atoms. The second-order valence-corrected chi connectivity index (χ2v) is 3.48. The highest BCUT2D eigenvalue weighted by Gasteiger charge is 2.12. The molecule has 1 heterocycles. The molecule has 1 rings (SSSR count). The van der Waals surface area contributed by atoms with E-state index >= 15 is 0 Å². The van der Waals surface area contributed by atoms with Crippen LogP contribution < -0.4 is 0 Å². The zero-order valence-electron chi connectivity index (χ0n) is 8.63. The van der Waals surface area contributed by atoms with Gasteiger partial charge in [0, 0.05) is 6.20 Å². The summed E-state index contributed by atoms with van der Waals surface area (Å²) in [5.74, 6) is -0.327. The Balaban J connectivity index is 2.96. The summed E-state index contributed by atoms with van der Waals surface area (Å²) in [6.45, 7) is 5.15. The van der Waals surface area contributed by atoms with E-state index in [4.69, 9.17) is 0 Å². The molecule has 0 unspecified atom stereocenters. The van der Waals surface area contributed by atoms with Crippen LogP contribution in [0.25, 0.3) is 0 Å². The fourth-order valence-corrected chi connectivity index (χ4v) is 1.32. The molecule has 3 nitrogen and oxygen atoms in total. The van der Waals surface area contributed by atoms with Gasteiger partial charge in [0.25, 0.3) is 0 Å². The first kappa shape index (κ1) is 10.6. The lowest BCUT2D eigenvalue weighted by Crippen LogP contribution is -2.09. The lowest BCUT2D eigenvalue weighted by atomic mass is 10.1. The molecule has 3 heteroatoms. The number of aromatic nitrogens is 1. The molecular formula is C11H13NO2. The van der Waals surface area contributed by atoms with Crippen molar-refractivity contribution in [3.63, 3.8) is 0 Å². The molecule has 0 atom stereocenters. The average molecular weight is 191 g/mol. The lowest BCUT2D eigenvalue weighted by Gasteiger charge is -2.02. The number of hydrogen-bond donors (Lipinski definition) is 0. The standard InChI is InChI=1S/C11H13NO2/c1-7-4-8(2)11(12-6-7)10(14)5-9(3)13/h4,6H,5H2,1-3H3. The van der Waals surface area contributed by atoms with Crippen molar-refractivity contribution in [3.8, 4) is 0 Å². The van der Waals surface area contributed by atoms with Gasteiger partial charge in [-0.05, 0) is 31.9 Å². The van der Waals surface area contributed by atoms with Gasteiger partial charge in [0.05, 0.1) is 6.42 Å². The third kappa shape index (κ3) is 2.49. The zero-order chi connectivity index (χ0) is 10.7. The quantitative estimate of drug-likeness (QED) is 0.541. The van der Waals surface area contributed by atoms with Gasteiger partial charge in [-0.15, -0.1) is 0 Å². The summed E-state index contributed by atoms with van der Waals surface area (Å²) in [6, 6.07) is 1.89. The van der Waals surface area contributed by atoms with Crippen molar-refractivity contribution in [2.75, 3.05) is 0 Å². The fraction of sp³-hybridized carbons (Fsp3) is 0.364. The smallest absolute Gasteiger partial charge is 0.188 e. The maximum Gasteiger partial charge on any atom is 0.188 e. The molecule has 0 aliphatic heterocycles. The number of Topliss-reactive ketones (excluding diaryl/α,β-unsaturated/α-hetero) is 2. The van der Waals surface area contributed by atoms with E-state index in [1.807, 2.05) is 19.9 Å². The molecule has 0 saturated heterocycles. The highest BCUT2D eigenvalue weighted by Crippen LogP contribution is 2.09. The zero-order valence-corrected chi connectivity index (χ0v) is 8.63. The Morgan fingerprint density at radius 1 is 1.36 bits per heavy atom. The first-order chi connectivity index (χ1) is 6.50. The molecule has 0 saturated carbocycles. The molecule has 0 N–H and O–H groups in total.